The highest BCUT2D eigenvalue weighted by Gasteiger charge is 2.57. The molecular formula is C23H24ClF3N4O6. The first kappa shape index (κ1) is 28.3. The molecule has 0 spiro atoms. The average Bonchev–Trinajstić information content (AvgIpc) is 3.20. The summed E-state index contributed by atoms with van der Waals surface area (Å²) in [5.41, 5.74) is 3.59. The predicted octanol–water partition coefficient (Wildman–Crippen LogP) is 4.49. The number of azide groups is 1. The van der Waals surface area contributed by atoms with Gasteiger partial charge in [-0.05, 0) is 36.2 Å². The Balaban J connectivity index is 1.92. The molecule has 0 amide bonds. The number of Topliss-reactive ketones (excluding diaryl/α,β-unsaturated/α-hetero) is 1. The summed E-state index contributed by atoms with van der Waals surface area (Å²) in [6.45, 7) is 1.20. The number of nitrogens with zero attached hydrogens (tertiary/aromatic N) is 4. The molecule has 0 saturated heterocycles. The number of ketones is 1. The van der Waals surface area contributed by atoms with Gasteiger partial charge in [-0.3, -0.25) is 4.79 Å². The number of benzene rings is 1. The Labute approximate surface area is 214 Å². The highest BCUT2D eigenvalue weighted by Crippen LogP contribution is 2.48. The number of alkyl halides is 3. The van der Waals surface area contributed by atoms with E-state index in [1.807, 2.05) is 0 Å². The van der Waals surface area contributed by atoms with Crippen LogP contribution in [-0.2, 0) is 11.0 Å². The van der Waals surface area contributed by atoms with Gasteiger partial charge in [0, 0.05) is 34.4 Å². The summed E-state index contributed by atoms with van der Waals surface area (Å²) in [7, 11) is 1.32. The third-order valence-corrected chi connectivity index (χ3v) is 6.30. The van der Waals surface area contributed by atoms with Crippen LogP contribution in [0, 0.1) is 0 Å². The van der Waals surface area contributed by atoms with Crippen molar-refractivity contribution in [1.29, 1.82) is 0 Å². The molecule has 0 radical (unpaired) electrons. The van der Waals surface area contributed by atoms with E-state index in [1.54, 1.807) is 6.92 Å². The van der Waals surface area contributed by atoms with Crippen molar-refractivity contribution < 1.29 is 42.4 Å². The minimum Gasteiger partial charge on any atom is -0.493 e. The van der Waals surface area contributed by atoms with E-state index in [2.05, 4.69) is 15.0 Å². The first-order valence-corrected chi connectivity index (χ1v) is 11.4. The Morgan fingerprint density at radius 2 is 2.08 bits per heavy atom. The molecule has 0 saturated carbocycles. The Morgan fingerprint density at radius 1 is 1.35 bits per heavy atom. The number of fused-ring (bicyclic) bond motifs is 1. The lowest BCUT2D eigenvalue weighted by atomic mass is 9.82. The van der Waals surface area contributed by atoms with Crippen molar-refractivity contribution >= 4 is 17.4 Å². The number of carbonyl (C=O) groups is 1. The maximum atomic E-state index is 14.2. The molecule has 10 nitrogen and oxygen atoms in total. The number of ether oxygens (including phenoxy) is 3. The lowest BCUT2D eigenvalue weighted by Gasteiger charge is -2.31. The van der Waals surface area contributed by atoms with Gasteiger partial charge in [-0.2, -0.15) is 13.2 Å². The van der Waals surface area contributed by atoms with Gasteiger partial charge in [0.15, 0.2) is 28.2 Å². The fourth-order valence-electron chi connectivity index (χ4n) is 3.90. The zero-order valence-electron chi connectivity index (χ0n) is 19.9. The van der Waals surface area contributed by atoms with Gasteiger partial charge in [0.1, 0.15) is 6.61 Å². The van der Waals surface area contributed by atoms with Crippen LogP contribution >= 0.6 is 11.6 Å². The van der Waals surface area contributed by atoms with Crippen LogP contribution in [0.4, 0.5) is 13.2 Å². The number of carbonyl (C=O) groups excluding carboxylic acids is 1. The molecule has 1 aliphatic heterocycles. The summed E-state index contributed by atoms with van der Waals surface area (Å²) < 4.78 is 58.5. The quantitative estimate of drug-likeness (QED) is 0.139. The van der Waals surface area contributed by atoms with Crippen molar-refractivity contribution in [3.63, 3.8) is 0 Å². The molecule has 0 bridgehead atoms. The first-order valence-electron chi connectivity index (χ1n) is 11.0. The van der Waals surface area contributed by atoms with Crippen molar-refractivity contribution in [2.75, 3.05) is 33.5 Å². The lowest BCUT2D eigenvalue weighted by Crippen LogP contribution is -2.43. The number of aliphatic hydroxyl groups is 2. The first-order chi connectivity index (χ1) is 17.4. The molecule has 1 aromatic heterocycles. The zero-order chi connectivity index (χ0) is 27.4. The van der Waals surface area contributed by atoms with Gasteiger partial charge in [0.2, 0.25) is 5.60 Å². The van der Waals surface area contributed by atoms with E-state index in [4.69, 9.17) is 36.4 Å². The number of hydrogen-bond acceptors (Lipinski definition) is 8. The molecule has 14 heteroatoms. The summed E-state index contributed by atoms with van der Waals surface area (Å²) in [4.78, 5) is 19.2. The molecule has 37 heavy (non-hydrogen) atoms. The van der Waals surface area contributed by atoms with Gasteiger partial charge < -0.3 is 24.4 Å². The summed E-state index contributed by atoms with van der Waals surface area (Å²) >= 11 is 6.11. The SMILES string of the molecule is COc1cc(C(=O)CCC(O)(c2cc3c(c(Cl)n2)OCC3(C)CN=[N+]=[N-])C(F)(F)F)ccc1OCCO. The fourth-order valence-corrected chi connectivity index (χ4v) is 4.14. The van der Waals surface area contributed by atoms with Gasteiger partial charge in [-0.1, -0.05) is 23.6 Å². The normalized spacial score (nSPS) is 18.3. The van der Waals surface area contributed by atoms with Crippen LogP contribution in [-0.4, -0.2) is 60.6 Å². The van der Waals surface area contributed by atoms with Gasteiger partial charge >= 0.3 is 6.18 Å². The van der Waals surface area contributed by atoms with Crippen molar-refractivity contribution in [3.05, 3.63) is 56.7 Å². The number of methoxy groups -OCH3 is 1. The summed E-state index contributed by atoms with van der Waals surface area (Å²) in [6, 6.07) is 5.05. The zero-order valence-corrected chi connectivity index (χ0v) is 20.6. The number of halogens is 4. The molecule has 1 aliphatic rings. The summed E-state index contributed by atoms with van der Waals surface area (Å²) in [5, 5.41) is 22.9. The van der Waals surface area contributed by atoms with Crippen LogP contribution in [0.3, 0.4) is 0 Å². The molecule has 2 heterocycles. The highest BCUT2D eigenvalue weighted by atomic mass is 35.5. The standard InChI is InChI=1S/C23H24ClF3N4O6/c1-21(11-29-31-28)12-37-19-14(21)10-18(30-20(19)24)22(34,23(25,26)27)6-5-15(33)13-3-4-16(36-8-7-32)17(9-13)35-2/h3-4,9-10,32,34H,5-8,11-12H2,1-2H3. The topological polar surface area (TPSA) is 147 Å². The van der Waals surface area contributed by atoms with Crippen molar-refractivity contribution in [2.24, 2.45) is 5.11 Å². The minimum absolute atomic E-state index is 0.0189. The van der Waals surface area contributed by atoms with Gasteiger partial charge in [-0.25, -0.2) is 4.98 Å². The van der Waals surface area contributed by atoms with Gasteiger partial charge in [0.05, 0.1) is 26.0 Å². The maximum absolute atomic E-state index is 14.2. The van der Waals surface area contributed by atoms with Crippen molar-refractivity contribution in [1.82, 2.24) is 4.98 Å². The highest BCUT2D eigenvalue weighted by molar-refractivity contribution is 6.31. The molecule has 2 unspecified atom stereocenters. The molecule has 1 aromatic carbocycles. The van der Waals surface area contributed by atoms with Gasteiger partial charge in [-0.15, -0.1) is 0 Å². The van der Waals surface area contributed by atoms with Gasteiger partial charge in [0.25, 0.3) is 0 Å². The van der Waals surface area contributed by atoms with E-state index in [9.17, 15) is 23.1 Å². The number of rotatable bonds is 11. The molecule has 200 valence electrons. The van der Waals surface area contributed by atoms with Crippen molar-refractivity contribution in [2.45, 2.75) is 37.0 Å². The molecule has 2 N–H and O–H groups in total. The summed E-state index contributed by atoms with van der Waals surface area (Å²) in [5.74, 6) is -0.268. The molecule has 3 rings (SSSR count). The van der Waals surface area contributed by atoms with Crippen LogP contribution in [0.15, 0.2) is 29.4 Å². The Hall–Kier alpha value is -3.25. The van der Waals surface area contributed by atoms with Crippen LogP contribution in [0.1, 0.15) is 41.4 Å². The van der Waals surface area contributed by atoms with E-state index >= 15 is 0 Å². The minimum atomic E-state index is -5.21. The van der Waals surface area contributed by atoms with E-state index in [0.29, 0.717) is 0 Å². The van der Waals surface area contributed by atoms with Crippen LogP contribution < -0.4 is 14.2 Å². The van der Waals surface area contributed by atoms with E-state index in [0.717, 1.165) is 6.07 Å². The fraction of sp³-hybridized carbons (Fsp3) is 0.478. The number of aromatic nitrogens is 1. The lowest BCUT2D eigenvalue weighted by molar-refractivity contribution is -0.270. The van der Waals surface area contributed by atoms with Crippen LogP contribution in [0.2, 0.25) is 5.15 Å². The van der Waals surface area contributed by atoms with E-state index < -0.39 is 46.7 Å². The molecule has 0 fully saturated rings. The molecule has 0 aliphatic carbocycles. The van der Waals surface area contributed by atoms with E-state index in [-0.39, 0.29) is 54.7 Å². The second-order valence-corrected chi connectivity index (χ2v) is 8.99. The van der Waals surface area contributed by atoms with Crippen LogP contribution in [0.5, 0.6) is 17.2 Å². The smallest absolute Gasteiger partial charge is 0.422 e. The Morgan fingerprint density at radius 3 is 2.70 bits per heavy atom. The Bertz CT molecular complexity index is 1220. The average molecular weight is 545 g/mol. The second kappa shape index (κ2) is 11.0. The van der Waals surface area contributed by atoms with E-state index in [1.165, 1.54) is 25.3 Å². The number of aliphatic hydroxyl groups excluding tert-OH is 1. The van der Waals surface area contributed by atoms with Crippen LogP contribution in [0.25, 0.3) is 10.4 Å². The summed E-state index contributed by atoms with van der Waals surface area (Å²) in [6.07, 6.45) is -6.95. The molecule has 2 aromatic rings. The largest absolute Gasteiger partial charge is 0.493 e. The molecular weight excluding hydrogens is 521 g/mol. The number of hydrogen-bond donors (Lipinski definition) is 2. The maximum Gasteiger partial charge on any atom is 0.422 e. The predicted molar refractivity (Wildman–Crippen MR) is 125 cm³/mol. The number of pyridine rings is 1. The Kier molecular flexibility index (Phi) is 8.43. The van der Waals surface area contributed by atoms with Crippen molar-refractivity contribution in [3.8, 4) is 17.2 Å². The monoisotopic (exact) mass is 544 g/mol. The second-order valence-electron chi connectivity index (χ2n) is 8.63. The third kappa shape index (κ3) is 5.69. The third-order valence-electron chi connectivity index (χ3n) is 6.04. The molecule has 2 atom stereocenters.